The van der Waals surface area contributed by atoms with Crippen molar-refractivity contribution in [2.24, 2.45) is 0 Å². The Morgan fingerprint density at radius 3 is 2.65 bits per heavy atom. The first kappa shape index (κ1) is 14.5. The number of hydrogen-bond donors (Lipinski definition) is 0. The van der Waals surface area contributed by atoms with Crippen molar-refractivity contribution in [2.45, 2.75) is 18.9 Å². The summed E-state index contributed by atoms with van der Waals surface area (Å²) in [6.45, 7) is 4.70. The lowest BCUT2D eigenvalue weighted by atomic mass is 10.1. The number of carbonyl (C=O) groups is 2. The highest BCUT2D eigenvalue weighted by atomic mass is 16.5. The first-order valence-electron chi connectivity index (χ1n) is 8.18. The van der Waals surface area contributed by atoms with Crippen LogP contribution in [0.25, 0.3) is 0 Å². The number of hydrogen-bond acceptors (Lipinski definition) is 4. The molecule has 3 aliphatic heterocycles. The third-order valence-corrected chi connectivity index (χ3v) is 4.76. The molecule has 124 valence electrons. The molecule has 0 aromatic carbocycles. The van der Waals surface area contributed by atoms with Crippen molar-refractivity contribution in [3.05, 3.63) is 12.4 Å². The molecule has 0 saturated carbocycles. The Morgan fingerprint density at radius 1 is 1.17 bits per heavy atom. The van der Waals surface area contributed by atoms with Crippen molar-refractivity contribution in [2.75, 3.05) is 50.8 Å². The summed E-state index contributed by atoms with van der Waals surface area (Å²) in [5.74, 6) is 0.169. The molecule has 8 heteroatoms. The molecule has 0 aliphatic carbocycles. The van der Waals surface area contributed by atoms with Crippen LogP contribution in [-0.2, 0) is 9.53 Å². The molecule has 0 unspecified atom stereocenters. The molecule has 1 aromatic rings. The number of urea groups is 1. The van der Waals surface area contributed by atoms with Gasteiger partial charge in [-0.25, -0.2) is 4.79 Å². The fraction of sp³-hybridized carbons (Fsp3) is 0.667. The van der Waals surface area contributed by atoms with Crippen molar-refractivity contribution in [3.63, 3.8) is 0 Å². The minimum Gasteiger partial charge on any atom is -0.378 e. The first-order valence-corrected chi connectivity index (χ1v) is 8.18. The SMILES string of the molecule is O=C(N1CCOCC1)N1CC(n2cc(N3CCCC3=O)cn2)C1. The van der Waals surface area contributed by atoms with Gasteiger partial charge in [-0.15, -0.1) is 0 Å². The van der Waals surface area contributed by atoms with E-state index in [9.17, 15) is 9.59 Å². The van der Waals surface area contributed by atoms with E-state index in [4.69, 9.17) is 4.74 Å². The van der Waals surface area contributed by atoms with Crippen LogP contribution in [0.1, 0.15) is 18.9 Å². The number of likely N-dealkylation sites (tertiary alicyclic amines) is 1. The number of anilines is 1. The van der Waals surface area contributed by atoms with E-state index in [0.717, 1.165) is 18.7 Å². The largest absolute Gasteiger partial charge is 0.378 e. The molecule has 3 fully saturated rings. The predicted octanol–water partition coefficient (Wildman–Crippen LogP) is 0.319. The number of carbonyl (C=O) groups excluding carboxylic acids is 2. The van der Waals surface area contributed by atoms with Crippen molar-refractivity contribution < 1.29 is 14.3 Å². The van der Waals surface area contributed by atoms with E-state index >= 15 is 0 Å². The van der Waals surface area contributed by atoms with E-state index in [-0.39, 0.29) is 18.0 Å². The number of ether oxygens (including phenoxy) is 1. The maximum atomic E-state index is 12.3. The van der Waals surface area contributed by atoms with Crippen LogP contribution in [0.3, 0.4) is 0 Å². The van der Waals surface area contributed by atoms with Crippen molar-refractivity contribution in [1.82, 2.24) is 19.6 Å². The zero-order valence-electron chi connectivity index (χ0n) is 13.1. The topological polar surface area (TPSA) is 70.9 Å². The summed E-state index contributed by atoms with van der Waals surface area (Å²) in [5.41, 5.74) is 0.866. The van der Waals surface area contributed by atoms with Gasteiger partial charge in [0.25, 0.3) is 0 Å². The summed E-state index contributed by atoms with van der Waals surface area (Å²) >= 11 is 0. The Bertz CT molecular complexity index is 604. The Labute approximate surface area is 134 Å². The summed E-state index contributed by atoms with van der Waals surface area (Å²) in [7, 11) is 0. The van der Waals surface area contributed by atoms with Crippen LogP contribution in [0.4, 0.5) is 10.5 Å². The van der Waals surface area contributed by atoms with Crippen LogP contribution < -0.4 is 4.90 Å². The highest BCUT2D eigenvalue weighted by Gasteiger charge is 2.35. The van der Waals surface area contributed by atoms with E-state index in [2.05, 4.69) is 5.10 Å². The van der Waals surface area contributed by atoms with Gasteiger partial charge in [-0.2, -0.15) is 5.10 Å². The molecule has 3 amide bonds. The zero-order valence-corrected chi connectivity index (χ0v) is 13.1. The van der Waals surface area contributed by atoms with Crippen LogP contribution in [0.2, 0.25) is 0 Å². The maximum absolute atomic E-state index is 12.3. The number of aromatic nitrogens is 2. The first-order chi connectivity index (χ1) is 11.2. The van der Waals surface area contributed by atoms with Crippen molar-refractivity contribution in [1.29, 1.82) is 0 Å². The second-order valence-corrected chi connectivity index (χ2v) is 6.27. The molecule has 0 bridgehead atoms. The lowest BCUT2D eigenvalue weighted by molar-refractivity contribution is -0.117. The summed E-state index contributed by atoms with van der Waals surface area (Å²) in [6, 6.07) is 0.290. The van der Waals surface area contributed by atoms with Gasteiger partial charge in [0, 0.05) is 45.3 Å². The minimum atomic E-state index is 0.0895. The van der Waals surface area contributed by atoms with E-state index in [1.54, 1.807) is 11.1 Å². The number of amides is 3. The molecule has 0 atom stereocenters. The lowest BCUT2D eigenvalue weighted by Crippen LogP contribution is -2.57. The smallest absolute Gasteiger partial charge is 0.320 e. The van der Waals surface area contributed by atoms with Crippen LogP contribution >= 0.6 is 0 Å². The molecule has 0 spiro atoms. The monoisotopic (exact) mass is 319 g/mol. The van der Waals surface area contributed by atoms with E-state index in [1.165, 1.54) is 0 Å². The average Bonchev–Trinajstić information content (AvgIpc) is 3.15. The van der Waals surface area contributed by atoms with Gasteiger partial charge in [-0.05, 0) is 6.42 Å². The predicted molar refractivity (Wildman–Crippen MR) is 82.2 cm³/mol. The summed E-state index contributed by atoms with van der Waals surface area (Å²) in [4.78, 5) is 29.6. The van der Waals surface area contributed by atoms with Gasteiger partial charge in [-0.3, -0.25) is 9.48 Å². The summed E-state index contributed by atoms with van der Waals surface area (Å²) in [6.07, 6.45) is 5.20. The molecule has 0 N–H and O–H groups in total. The molecule has 8 nitrogen and oxygen atoms in total. The number of nitrogens with zero attached hydrogens (tertiary/aromatic N) is 5. The Hall–Kier alpha value is -2.09. The molecular formula is C15H21N5O3. The van der Waals surface area contributed by atoms with Crippen LogP contribution in [-0.4, -0.2) is 77.5 Å². The van der Waals surface area contributed by atoms with E-state index < -0.39 is 0 Å². The Kier molecular flexibility index (Phi) is 3.68. The maximum Gasteiger partial charge on any atom is 0.320 e. The highest BCUT2D eigenvalue weighted by molar-refractivity contribution is 5.95. The molecule has 4 rings (SSSR count). The Morgan fingerprint density at radius 2 is 1.96 bits per heavy atom. The van der Waals surface area contributed by atoms with E-state index in [1.807, 2.05) is 20.7 Å². The molecule has 3 aliphatic rings. The highest BCUT2D eigenvalue weighted by Crippen LogP contribution is 2.26. The summed E-state index contributed by atoms with van der Waals surface area (Å²) in [5, 5.41) is 4.37. The summed E-state index contributed by atoms with van der Waals surface area (Å²) < 4.78 is 7.15. The molecule has 3 saturated heterocycles. The van der Waals surface area contributed by atoms with Gasteiger partial charge >= 0.3 is 6.03 Å². The van der Waals surface area contributed by atoms with Crippen LogP contribution in [0, 0.1) is 0 Å². The van der Waals surface area contributed by atoms with Crippen molar-refractivity contribution in [3.8, 4) is 0 Å². The average molecular weight is 319 g/mol. The quantitative estimate of drug-likeness (QED) is 0.787. The van der Waals surface area contributed by atoms with Gasteiger partial charge in [0.2, 0.25) is 5.91 Å². The third kappa shape index (κ3) is 2.67. The van der Waals surface area contributed by atoms with Gasteiger partial charge in [0.1, 0.15) is 0 Å². The van der Waals surface area contributed by atoms with Crippen LogP contribution in [0.15, 0.2) is 12.4 Å². The van der Waals surface area contributed by atoms with Gasteiger partial charge in [0.05, 0.1) is 31.1 Å². The van der Waals surface area contributed by atoms with E-state index in [0.29, 0.717) is 45.8 Å². The molecule has 1 aromatic heterocycles. The third-order valence-electron chi connectivity index (χ3n) is 4.76. The minimum absolute atomic E-state index is 0.0895. The normalized spacial score (nSPS) is 22.6. The number of morpholine rings is 1. The Balaban J connectivity index is 1.34. The van der Waals surface area contributed by atoms with Gasteiger partial charge in [0.15, 0.2) is 0 Å². The fourth-order valence-corrected chi connectivity index (χ4v) is 3.32. The molecule has 23 heavy (non-hydrogen) atoms. The van der Waals surface area contributed by atoms with Crippen molar-refractivity contribution >= 4 is 17.6 Å². The zero-order chi connectivity index (χ0) is 15.8. The number of rotatable bonds is 2. The standard InChI is InChI=1S/C15H21N5O3/c21-14-2-1-3-19(14)12-8-16-20(11-12)13-9-18(10-13)15(22)17-4-6-23-7-5-17/h8,11,13H,1-7,9-10H2. The molecular weight excluding hydrogens is 298 g/mol. The second-order valence-electron chi connectivity index (χ2n) is 6.27. The lowest BCUT2D eigenvalue weighted by Gasteiger charge is -2.42. The molecule has 0 radical (unpaired) electrons. The van der Waals surface area contributed by atoms with Crippen LogP contribution in [0.5, 0.6) is 0 Å². The second kappa shape index (κ2) is 5.84. The van der Waals surface area contributed by atoms with Gasteiger partial charge < -0.3 is 19.4 Å². The fourth-order valence-electron chi connectivity index (χ4n) is 3.32. The molecule has 4 heterocycles. The van der Waals surface area contributed by atoms with Gasteiger partial charge in [-0.1, -0.05) is 0 Å².